The minimum Gasteiger partial charge on any atom is -0.464 e. The molecule has 0 aliphatic heterocycles. The van der Waals surface area contributed by atoms with E-state index in [2.05, 4.69) is 20.3 Å². The number of anilines is 2. The molecule has 4 N–H and O–H groups in total. The van der Waals surface area contributed by atoms with Crippen molar-refractivity contribution in [3.8, 4) is 6.01 Å². The number of nitrogens with zero attached hydrogens (tertiary/aromatic N) is 3. The van der Waals surface area contributed by atoms with Crippen LogP contribution in [-0.2, 0) is 0 Å². The lowest BCUT2D eigenvalue weighted by atomic mass is 10.2. The quantitative estimate of drug-likeness (QED) is 0.635. The van der Waals surface area contributed by atoms with Gasteiger partial charge in [-0.3, -0.25) is 0 Å². The number of hydrogen-bond donors (Lipinski definition) is 3. The van der Waals surface area contributed by atoms with Crippen LogP contribution in [0.5, 0.6) is 6.01 Å². The molecule has 1 aromatic heterocycles. The maximum absolute atomic E-state index is 9.39. The van der Waals surface area contributed by atoms with Gasteiger partial charge < -0.3 is 20.9 Å². The molecule has 1 rings (SSSR count). The Labute approximate surface area is 100 Å². The van der Waals surface area contributed by atoms with Crippen LogP contribution >= 0.6 is 0 Å². The van der Waals surface area contributed by atoms with Crippen molar-refractivity contribution in [3.63, 3.8) is 0 Å². The minimum absolute atomic E-state index is 0.113. The van der Waals surface area contributed by atoms with E-state index in [0.717, 1.165) is 6.42 Å². The monoisotopic (exact) mass is 241 g/mol. The largest absolute Gasteiger partial charge is 0.464 e. The zero-order valence-corrected chi connectivity index (χ0v) is 10.2. The van der Waals surface area contributed by atoms with E-state index in [1.54, 1.807) is 0 Å². The van der Waals surface area contributed by atoms with Gasteiger partial charge in [-0.1, -0.05) is 6.92 Å². The van der Waals surface area contributed by atoms with Crippen molar-refractivity contribution in [1.82, 2.24) is 15.0 Å². The molecule has 7 heteroatoms. The lowest BCUT2D eigenvalue weighted by molar-refractivity contribution is 0.164. The maximum Gasteiger partial charge on any atom is 0.323 e. The number of rotatable bonds is 7. The molecule has 0 radical (unpaired) electrons. The maximum atomic E-state index is 9.39. The summed E-state index contributed by atoms with van der Waals surface area (Å²) in [5, 5.41) is 12.4. The van der Waals surface area contributed by atoms with E-state index in [1.807, 2.05) is 13.8 Å². The zero-order valence-electron chi connectivity index (χ0n) is 10.2. The van der Waals surface area contributed by atoms with Crippen LogP contribution in [0.3, 0.4) is 0 Å². The summed E-state index contributed by atoms with van der Waals surface area (Å²) in [6.45, 7) is 4.81. The summed E-state index contributed by atoms with van der Waals surface area (Å²) < 4.78 is 5.14. The molecule has 96 valence electrons. The molecule has 0 spiro atoms. The van der Waals surface area contributed by atoms with Gasteiger partial charge in [0, 0.05) is 6.54 Å². The van der Waals surface area contributed by atoms with Gasteiger partial charge in [-0.05, 0) is 19.8 Å². The molecule has 1 heterocycles. The summed E-state index contributed by atoms with van der Waals surface area (Å²) in [5.41, 5.74) is 5.52. The lowest BCUT2D eigenvalue weighted by Gasteiger charge is -2.09. The zero-order chi connectivity index (χ0) is 12.7. The third-order valence-corrected chi connectivity index (χ3v) is 2.14. The minimum atomic E-state index is -0.312. The van der Waals surface area contributed by atoms with Crippen LogP contribution in [0.2, 0.25) is 0 Å². The third-order valence-electron chi connectivity index (χ3n) is 2.14. The molecule has 0 bridgehead atoms. The highest BCUT2D eigenvalue weighted by molar-refractivity contribution is 5.32. The molecule has 1 atom stereocenters. The Hall–Kier alpha value is -1.63. The number of nitrogen functional groups attached to an aromatic ring is 1. The highest BCUT2D eigenvalue weighted by atomic mass is 16.5. The van der Waals surface area contributed by atoms with E-state index in [-0.39, 0.29) is 18.1 Å². The van der Waals surface area contributed by atoms with Crippen LogP contribution in [0, 0.1) is 0 Å². The van der Waals surface area contributed by atoms with Crippen LogP contribution in [0.15, 0.2) is 0 Å². The van der Waals surface area contributed by atoms with Gasteiger partial charge in [-0.15, -0.1) is 0 Å². The van der Waals surface area contributed by atoms with Crippen molar-refractivity contribution < 1.29 is 9.84 Å². The van der Waals surface area contributed by atoms with Gasteiger partial charge in [-0.2, -0.15) is 15.0 Å². The predicted molar refractivity (Wildman–Crippen MR) is 64.8 cm³/mol. The molecule has 7 nitrogen and oxygen atoms in total. The molecule has 0 saturated carbocycles. The first kappa shape index (κ1) is 13.4. The van der Waals surface area contributed by atoms with Gasteiger partial charge in [0.05, 0.1) is 12.7 Å². The third kappa shape index (κ3) is 4.81. The lowest BCUT2D eigenvalue weighted by Crippen LogP contribution is -2.15. The Bertz CT molecular complexity index is 347. The summed E-state index contributed by atoms with van der Waals surface area (Å²) in [4.78, 5) is 11.8. The first-order valence-corrected chi connectivity index (χ1v) is 5.72. The number of aliphatic hydroxyl groups excluding tert-OH is 1. The Kier molecular flexibility index (Phi) is 5.41. The van der Waals surface area contributed by atoms with Gasteiger partial charge in [0.1, 0.15) is 0 Å². The van der Waals surface area contributed by atoms with Crippen LogP contribution in [0.4, 0.5) is 11.9 Å². The Morgan fingerprint density at radius 3 is 2.76 bits per heavy atom. The highest BCUT2D eigenvalue weighted by Crippen LogP contribution is 2.09. The number of nitrogens with two attached hydrogens (primary N) is 1. The molecule has 17 heavy (non-hydrogen) atoms. The molecule has 1 aromatic rings. The van der Waals surface area contributed by atoms with E-state index in [4.69, 9.17) is 10.5 Å². The SMILES string of the molecule is CCOc1nc(N)nc(NCCC(O)CC)n1. The van der Waals surface area contributed by atoms with E-state index < -0.39 is 0 Å². The highest BCUT2D eigenvalue weighted by Gasteiger charge is 2.05. The summed E-state index contributed by atoms with van der Waals surface area (Å²) in [6.07, 6.45) is 1.05. The van der Waals surface area contributed by atoms with Gasteiger partial charge in [0.15, 0.2) is 0 Å². The Morgan fingerprint density at radius 2 is 2.12 bits per heavy atom. The second-order valence-electron chi connectivity index (χ2n) is 3.51. The van der Waals surface area contributed by atoms with Crippen LogP contribution in [0.1, 0.15) is 26.7 Å². The van der Waals surface area contributed by atoms with Gasteiger partial charge in [-0.25, -0.2) is 0 Å². The molecule has 0 aromatic carbocycles. The average molecular weight is 241 g/mol. The first-order chi connectivity index (χ1) is 8.15. The van der Waals surface area contributed by atoms with Gasteiger partial charge in [0.25, 0.3) is 0 Å². The van der Waals surface area contributed by atoms with E-state index >= 15 is 0 Å². The molecule has 0 aliphatic carbocycles. The fourth-order valence-corrected chi connectivity index (χ4v) is 1.20. The Morgan fingerprint density at radius 1 is 1.35 bits per heavy atom. The van der Waals surface area contributed by atoms with Crippen molar-refractivity contribution in [2.45, 2.75) is 32.8 Å². The predicted octanol–water partition coefficient (Wildman–Crippen LogP) is 0.425. The van der Waals surface area contributed by atoms with Crippen LogP contribution in [-0.4, -0.2) is 39.3 Å². The molecular weight excluding hydrogens is 222 g/mol. The molecular formula is C10H19N5O2. The van der Waals surface area contributed by atoms with Crippen LogP contribution in [0.25, 0.3) is 0 Å². The van der Waals surface area contributed by atoms with Crippen molar-refractivity contribution in [3.05, 3.63) is 0 Å². The van der Waals surface area contributed by atoms with Gasteiger partial charge >= 0.3 is 6.01 Å². The van der Waals surface area contributed by atoms with Crippen molar-refractivity contribution in [2.75, 3.05) is 24.2 Å². The summed E-state index contributed by atoms with van der Waals surface area (Å²) in [6, 6.07) is 0.207. The normalized spacial score (nSPS) is 12.2. The second-order valence-corrected chi connectivity index (χ2v) is 3.51. The first-order valence-electron chi connectivity index (χ1n) is 5.72. The fourth-order valence-electron chi connectivity index (χ4n) is 1.20. The smallest absolute Gasteiger partial charge is 0.323 e. The molecule has 0 amide bonds. The number of aliphatic hydroxyl groups is 1. The average Bonchev–Trinajstić information content (AvgIpc) is 2.28. The van der Waals surface area contributed by atoms with E-state index in [9.17, 15) is 5.11 Å². The Balaban J connectivity index is 2.52. The summed E-state index contributed by atoms with van der Waals surface area (Å²) >= 11 is 0. The summed E-state index contributed by atoms with van der Waals surface area (Å²) in [7, 11) is 0. The molecule has 0 fully saturated rings. The standard InChI is InChI=1S/C10H19N5O2/c1-3-7(16)5-6-12-9-13-8(11)14-10(15-9)17-4-2/h7,16H,3-6H2,1-2H3,(H3,11,12,13,14,15). The fraction of sp³-hybridized carbons (Fsp3) is 0.700. The van der Waals surface area contributed by atoms with E-state index in [0.29, 0.717) is 25.5 Å². The number of hydrogen-bond acceptors (Lipinski definition) is 7. The van der Waals surface area contributed by atoms with Crippen LogP contribution < -0.4 is 15.8 Å². The van der Waals surface area contributed by atoms with Crippen molar-refractivity contribution in [2.24, 2.45) is 0 Å². The van der Waals surface area contributed by atoms with E-state index in [1.165, 1.54) is 0 Å². The molecule has 1 unspecified atom stereocenters. The topological polar surface area (TPSA) is 106 Å². The number of nitrogens with one attached hydrogen (secondary N) is 1. The second kappa shape index (κ2) is 6.85. The summed E-state index contributed by atoms with van der Waals surface area (Å²) in [5.74, 6) is 0.478. The van der Waals surface area contributed by atoms with Crippen molar-refractivity contribution >= 4 is 11.9 Å². The number of ether oxygens (including phenoxy) is 1. The number of aromatic nitrogens is 3. The molecule has 0 aliphatic rings. The van der Waals surface area contributed by atoms with Gasteiger partial charge in [0.2, 0.25) is 11.9 Å². The van der Waals surface area contributed by atoms with Crippen molar-refractivity contribution in [1.29, 1.82) is 0 Å². The molecule has 0 saturated heterocycles.